The van der Waals surface area contributed by atoms with Crippen molar-refractivity contribution in [1.29, 1.82) is 0 Å². The first-order valence-corrected chi connectivity index (χ1v) is 2.74. The summed E-state index contributed by atoms with van der Waals surface area (Å²) in [4.78, 5) is 9.69. The molecule has 0 radical (unpaired) electrons. The first-order valence-electron chi connectivity index (χ1n) is 2.74. The molecule has 0 aliphatic heterocycles. The van der Waals surface area contributed by atoms with E-state index >= 15 is 0 Å². The lowest BCUT2D eigenvalue weighted by molar-refractivity contribution is -0.149. The first kappa shape index (κ1) is 10.2. The summed E-state index contributed by atoms with van der Waals surface area (Å²) in [6.45, 7) is 0. The minimum absolute atomic E-state index is 0.947. The Kier molecular flexibility index (Phi) is 3.28. The van der Waals surface area contributed by atoms with E-state index in [0.717, 1.165) is 0 Å². The van der Waals surface area contributed by atoms with Crippen LogP contribution in [-0.4, -0.2) is 23.4 Å². The van der Waals surface area contributed by atoms with Crippen LogP contribution in [0.3, 0.4) is 0 Å². The van der Waals surface area contributed by atoms with Crippen LogP contribution in [0.5, 0.6) is 0 Å². The number of halogens is 4. The first-order chi connectivity index (χ1) is 4.86. The smallest absolute Gasteiger partial charge is 0.308 e. The summed E-state index contributed by atoms with van der Waals surface area (Å²) in [7, 11) is 0. The Hall–Kier alpha value is -0.810. The maximum Gasteiger partial charge on any atom is 0.308 e. The number of alkyl halides is 4. The summed E-state index contributed by atoms with van der Waals surface area (Å²) >= 11 is 0. The molecule has 0 aromatic carbocycles. The standard InChI is InChI=1S/C5H6F4O2/c6-4(7)5(8,9)2-1-3(10)11/h4H,1-2H2,(H,10,11). The van der Waals surface area contributed by atoms with Gasteiger partial charge in [-0.2, -0.15) is 0 Å². The highest BCUT2D eigenvalue weighted by Crippen LogP contribution is 2.27. The van der Waals surface area contributed by atoms with Crippen LogP contribution in [0.4, 0.5) is 17.6 Å². The molecule has 0 bridgehead atoms. The Morgan fingerprint density at radius 3 is 2.18 bits per heavy atom. The van der Waals surface area contributed by atoms with Gasteiger partial charge in [0.25, 0.3) is 0 Å². The Balaban J connectivity index is 3.82. The van der Waals surface area contributed by atoms with Crippen molar-refractivity contribution in [2.75, 3.05) is 0 Å². The fourth-order valence-corrected chi connectivity index (χ4v) is 0.383. The summed E-state index contributed by atoms with van der Waals surface area (Å²) in [5, 5.41) is 7.88. The van der Waals surface area contributed by atoms with Crippen molar-refractivity contribution in [2.24, 2.45) is 0 Å². The molecule has 66 valence electrons. The zero-order valence-corrected chi connectivity index (χ0v) is 5.36. The highest BCUT2D eigenvalue weighted by molar-refractivity contribution is 5.66. The summed E-state index contributed by atoms with van der Waals surface area (Å²) in [5.41, 5.74) is 0. The van der Waals surface area contributed by atoms with E-state index in [9.17, 15) is 22.4 Å². The van der Waals surface area contributed by atoms with Crippen LogP contribution >= 0.6 is 0 Å². The fourth-order valence-electron chi connectivity index (χ4n) is 0.383. The van der Waals surface area contributed by atoms with Gasteiger partial charge in [0.15, 0.2) is 0 Å². The number of aliphatic carboxylic acids is 1. The molecule has 0 aromatic heterocycles. The van der Waals surface area contributed by atoms with Crippen LogP contribution in [0, 0.1) is 0 Å². The Labute approximate surface area is 59.8 Å². The van der Waals surface area contributed by atoms with Gasteiger partial charge in [0.2, 0.25) is 0 Å². The van der Waals surface area contributed by atoms with Crippen molar-refractivity contribution in [1.82, 2.24) is 0 Å². The molecule has 2 nitrogen and oxygen atoms in total. The van der Waals surface area contributed by atoms with Gasteiger partial charge in [0.05, 0.1) is 6.42 Å². The molecule has 1 N–H and O–H groups in total. The topological polar surface area (TPSA) is 37.3 Å². The monoisotopic (exact) mass is 174 g/mol. The van der Waals surface area contributed by atoms with Crippen LogP contribution in [0.2, 0.25) is 0 Å². The molecule has 0 amide bonds. The minimum atomic E-state index is -4.18. The molecule has 0 rings (SSSR count). The van der Waals surface area contributed by atoms with Crippen molar-refractivity contribution in [3.8, 4) is 0 Å². The van der Waals surface area contributed by atoms with Crippen molar-refractivity contribution >= 4 is 5.97 Å². The van der Waals surface area contributed by atoms with E-state index in [1.165, 1.54) is 0 Å². The lowest BCUT2D eigenvalue weighted by atomic mass is 10.2. The Morgan fingerprint density at radius 2 is 1.91 bits per heavy atom. The van der Waals surface area contributed by atoms with Crippen LogP contribution < -0.4 is 0 Å². The molecule has 0 saturated carbocycles. The van der Waals surface area contributed by atoms with Gasteiger partial charge in [-0.05, 0) is 0 Å². The Morgan fingerprint density at radius 1 is 1.45 bits per heavy atom. The predicted octanol–water partition coefficient (Wildman–Crippen LogP) is 1.75. The van der Waals surface area contributed by atoms with Crippen LogP contribution in [0.25, 0.3) is 0 Å². The zero-order chi connectivity index (χ0) is 9.07. The average molecular weight is 174 g/mol. The van der Waals surface area contributed by atoms with E-state index in [1.807, 2.05) is 0 Å². The van der Waals surface area contributed by atoms with Gasteiger partial charge in [0.1, 0.15) is 0 Å². The zero-order valence-electron chi connectivity index (χ0n) is 5.36. The molecule has 6 heteroatoms. The number of hydrogen-bond acceptors (Lipinski definition) is 1. The number of carboxylic acids is 1. The maximum atomic E-state index is 11.9. The molecule has 0 aromatic rings. The highest BCUT2D eigenvalue weighted by Gasteiger charge is 2.40. The molecule has 0 unspecified atom stereocenters. The Bertz CT molecular complexity index is 145. The van der Waals surface area contributed by atoms with Gasteiger partial charge in [-0.3, -0.25) is 4.79 Å². The molecule has 0 aliphatic carbocycles. The quantitative estimate of drug-likeness (QED) is 0.659. The van der Waals surface area contributed by atoms with Gasteiger partial charge >= 0.3 is 18.3 Å². The molecule has 0 spiro atoms. The van der Waals surface area contributed by atoms with E-state index in [2.05, 4.69) is 0 Å². The third kappa shape index (κ3) is 3.79. The van der Waals surface area contributed by atoms with Crippen molar-refractivity contribution < 1.29 is 27.5 Å². The second kappa shape index (κ2) is 3.54. The third-order valence-corrected chi connectivity index (χ3v) is 0.991. The summed E-state index contributed by atoms with van der Waals surface area (Å²) < 4.78 is 46.4. The lowest BCUT2D eigenvalue weighted by Gasteiger charge is -2.12. The molecular weight excluding hydrogens is 168 g/mol. The second-order valence-electron chi connectivity index (χ2n) is 1.96. The van der Waals surface area contributed by atoms with Crippen molar-refractivity contribution in [3.63, 3.8) is 0 Å². The number of carbonyl (C=O) groups is 1. The van der Waals surface area contributed by atoms with Gasteiger partial charge in [0, 0.05) is 6.42 Å². The van der Waals surface area contributed by atoms with Gasteiger partial charge in [-0.25, -0.2) is 17.6 Å². The van der Waals surface area contributed by atoms with Crippen molar-refractivity contribution in [2.45, 2.75) is 25.2 Å². The van der Waals surface area contributed by atoms with Crippen LogP contribution in [0.15, 0.2) is 0 Å². The molecule has 0 heterocycles. The third-order valence-electron chi connectivity index (χ3n) is 0.991. The van der Waals surface area contributed by atoms with E-state index in [0.29, 0.717) is 0 Å². The predicted molar refractivity (Wildman–Crippen MR) is 27.8 cm³/mol. The SMILES string of the molecule is O=C(O)CCC(F)(F)C(F)F. The van der Waals surface area contributed by atoms with E-state index in [-0.39, 0.29) is 0 Å². The summed E-state index contributed by atoms with van der Waals surface area (Å²) in [6.07, 6.45) is -6.06. The van der Waals surface area contributed by atoms with Gasteiger partial charge in [-0.1, -0.05) is 0 Å². The number of rotatable bonds is 4. The van der Waals surface area contributed by atoms with E-state index in [1.54, 1.807) is 0 Å². The molecular formula is C5H6F4O2. The van der Waals surface area contributed by atoms with E-state index < -0.39 is 31.2 Å². The summed E-state index contributed by atoms with van der Waals surface area (Å²) in [6, 6.07) is 0. The van der Waals surface area contributed by atoms with Gasteiger partial charge < -0.3 is 5.11 Å². The van der Waals surface area contributed by atoms with E-state index in [4.69, 9.17) is 5.11 Å². The number of hydrogen-bond donors (Lipinski definition) is 1. The normalized spacial score (nSPS) is 12.1. The minimum Gasteiger partial charge on any atom is -0.481 e. The molecule has 0 fully saturated rings. The molecule has 0 aliphatic rings. The second-order valence-corrected chi connectivity index (χ2v) is 1.96. The number of carboxylic acid groups (broad SMARTS) is 1. The maximum absolute atomic E-state index is 11.9. The van der Waals surface area contributed by atoms with Gasteiger partial charge in [-0.15, -0.1) is 0 Å². The molecule has 11 heavy (non-hydrogen) atoms. The highest BCUT2D eigenvalue weighted by atomic mass is 19.3. The molecule has 0 atom stereocenters. The van der Waals surface area contributed by atoms with Crippen LogP contribution in [0.1, 0.15) is 12.8 Å². The van der Waals surface area contributed by atoms with Crippen molar-refractivity contribution in [3.05, 3.63) is 0 Å². The molecule has 0 saturated heterocycles. The largest absolute Gasteiger partial charge is 0.481 e. The van der Waals surface area contributed by atoms with Crippen LogP contribution in [-0.2, 0) is 4.79 Å². The average Bonchev–Trinajstić information content (AvgIpc) is 1.84. The summed E-state index contributed by atoms with van der Waals surface area (Å²) in [5.74, 6) is -5.69. The fraction of sp³-hybridized carbons (Fsp3) is 0.800. The lowest BCUT2D eigenvalue weighted by Crippen LogP contribution is -2.27.